The minimum Gasteiger partial charge on any atom is -0.463 e. The van der Waals surface area contributed by atoms with Crippen LogP contribution in [0.3, 0.4) is 0 Å². The van der Waals surface area contributed by atoms with Crippen molar-refractivity contribution in [1.29, 1.82) is 0 Å². The normalized spacial score (nSPS) is 17.5. The molecule has 7 nitrogen and oxygen atoms in total. The molecule has 1 saturated heterocycles. The minimum atomic E-state index is 0.337. The maximum absolute atomic E-state index is 5.53. The van der Waals surface area contributed by atoms with E-state index < -0.39 is 0 Å². The Morgan fingerprint density at radius 3 is 2.00 bits per heavy atom. The fraction of sp³-hybridized carbons (Fsp3) is 0.800. The van der Waals surface area contributed by atoms with Gasteiger partial charge in [0.15, 0.2) is 0 Å². The van der Waals surface area contributed by atoms with Crippen LogP contribution in [0.1, 0.15) is 27.7 Å². The molecule has 2 heterocycles. The van der Waals surface area contributed by atoms with Gasteiger partial charge in [-0.3, -0.25) is 4.48 Å². The molecule has 1 fully saturated rings. The monoisotopic (exact) mass is 311 g/mol. The molecule has 1 aromatic heterocycles. The molecule has 0 aliphatic carbocycles. The van der Waals surface area contributed by atoms with Gasteiger partial charge >= 0.3 is 18.0 Å². The SMILES string of the molecule is CCOc1nc(OCC)nc([N+]2(CC(C)C)CCOCC2)n1. The Labute approximate surface area is 132 Å². The summed E-state index contributed by atoms with van der Waals surface area (Å²) in [4.78, 5) is 13.3. The molecular weight excluding hydrogens is 284 g/mol. The first-order valence-corrected chi connectivity index (χ1v) is 8.05. The summed E-state index contributed by atoms with van der Waals surface area (Å²) in [5, 5.41) is 0. The molecule has 2 rings (SSSR count). The van der Waals surface area contributed by atoms with Gasteiger partial charge in [0, 0.05) is 5.92 Å². The summed E-state index contributed by atoms with van der Waals surface area (Å²) in [7, 11) is 0. The van der Waals surface area contributed by atoms with E-state index in [0.717, 1.165) is 25.6 Å². The average Bonchev–Trinajstić information content (AvgIpc) is 2.48. The zero-order chi connectivity index (χ0) is 16.0. The molecule has 1 aliphatic rings. The van der Waals surface area contributed by atoms with Crippen LogP contribution >= 0.6 is 0 Å². The number of hydrogen-bond acceptors (Lipinski definition) is 6. The molecule has 0 aromatic carbocycles. The molecule has 0 spiro atoms. The molecule has 124 valence electrons. The predicted molar refractivity (Wildman–Crippen MR) is 84.2 cm³/mol. The number of morpholine rings is 1. The summed E-state index contributed by atoms with van der Waals surface area (Å²) in [6, 6.07) is 0.674. The second kappa shape index (κ2) is 7.69. The number of aromatic nitrogens is 3. The third kappa shape index (κ3) is 4.04. The Kier molecular flexibility index (Phi) is 5.90. The van der Waals surface area contributed by atoms with Crippen molar-refractivity contribution in [2.75, 3.05) is 46.1 Å². The van der Waals surface area contributed by atoms with Crippen LogP contribution in [0, 0.1) is 5.92 Å². The molecule has 0 bridgehead atoms. The summed E-state index contributed by atoms with van der Waals surface area (Å²) >= 11 is 0. The van der Waals surface area contributed by atoms with Crippen LogP contribution in [0.5, 0.6) is 12.0 Å². The van der Waals surface area contributed by atoms with Gasteiger partial charge in [0.1, 0.15) is 13.1 Å². The number of rotatable bonds is 7. The van der Waals surface area contributed by atoms with E-state index in [1.165, 1.54) is 0 Å². The third-order valence-electron chi connectivity index (χ3n) is 3.60. The summed E-state index contributed by atoms with van der Waals surface area (Å²) in [6.45, 7) is 13.4. The van der Waals surface area contributed by atoms with Crippen molar-refractivity contribution in [3.05, 3.63) is 0 Å². The molecule has 0 radical (unpaired) electrons. The molecule has 0 amide bonds. The van der Waals surface area contributed by atoms with E-state index in [1.807, 2.05) is 13.8 Å². The lowest BCUT2D eigenvalue weighted by Crippen LogP contribution is -2.59. The Balaban J connectivity index is 2.40. The van der Waals surface area contributed by atoms with Crippen LogP contribution in [-0.4, -0.2) is 61.0 Å². The topological polar surface area (TPSA) is 66.4 Å². The van der Waals surface area contributed by atoms with Crippen LogP contribution in [0.2, 0.25) is 0 Å². The standard InChI is InChI=1S/C15H27N4O3/c1-5-21-14-16-13(17-15(18-14)22-6-2)19(11-12(3)4)7-9-20-10-8-19/h12H,5-11H2,1-4H3/q+1. The zero-order valence-corrected chi connectivity index (χ0v) is 14.0. The molecule has 0 saturated carbocycles. The van der Waals surface area contributed by atoms with E-state index in [-0.39, 0.29) is 0 Å². The Morgan fingerprint density at radius 2 is 1.55 bits per heavy atom. The van der Waals surface area contributed by atoms with Crippen molar-refractivity contribution in [2.24, 2.45) is 5.92 Å². The fourth-order valence-corrected chi connectivity index (χ4v) is 2.78. The Hall–Kier alpha value is -1.47. The fourth-order valence-electron chi connectivity index (χ4n) is 2.78. The highest BCUT2D eigenvalue weighted by molar-refractivity contribution is 5.29. The van der Waals surface area contributed by atoms with Crippen LogP contribution < -0.4 is 14.0 Å². The lowest BCUT2D eigenvalue weighted by atomic mass is 10.1. The van der Waals surface area contributed by atoms with Gasteiger partial charge in [-0.25, -0.2) is 0 Å². The first-order chi connectivity index (χ1) is 10.6. The quantitative estimate of drug-likeness (QED) is 0.714. The molecule has 1 aromatic rings. The first-order valence-electron chi connectivity index (χ1n) is 8.05. The van der Waals surface area contributed by atoms with Gasteiger partial charge in [0.05, 0.1) is 33.0 Å². The van der Waals surface area contributed by atoms with Gasteiger partial charge in [-0.05, 0) is 13.8 Å². The highest BCUT2D eigenvalue weighted by Crippen LogP contribution is 2.26. The van der Waals surface area contributed by atoms with Gasteiger partial charge < -0.3 is 14.2 Å². The van der Waals surface area contributed by atoms with Crippen molar-refractivity contribution in [2.45, 2.75) is 27.7 Å². The van der Waals surface area contributed by atoms with E-state index >= 15 is 0 Å². The maximum atomic E-state index is 5.53. The van der Waals surface area contributed by atoms with E-state index in [1.54, 1.807) is 0 Å². The van der Waals surface area contributed by atoms with Gasteiger partial charge in [0.25, 0.3) is 0 Å². The lowest BCUT2D eigenvalue weighted by Gasteiger charge is -2.39. The highest BCUT2D eigenvalue weighted by atomic mass is 16.5. The van der Waals surface area contributed by atoms with Crippen molar-refractivity contribution >= 4 is 5.95 Å². The largest absolute Gasteiger partial charge is 0.463 e. The van der Waals surface area contributed by atoms with E-state index in [9.17, 15) is 0 Å². The predicted octanol–water partition coefficient (Wildman–Crippen LogP) is 1.66. The Morgan fingerprint density at radius 1 is 1.00 bits per heavy atom. The molecule has 0 atom stereocenters. The van der Waals surface area contributed by atoms with E-state index in [0.29, 0.717) is 48.8 Å². The number of nitrogens with zero attached hydrogens (tertiary/aromatic N) is 4. The summed E-state index contributed by atoms with van der Waals surface area (Å²) in [6.07, 6.45) is 0. The minimum absolute atomic E-state index is 0.337. The summed E-state index contributed by atoms with van der Waals surface area (Å²) < 4.78 is 17.2. The van der Waals surface area contributed by atoms with Crippen molar-refractivity contribution < 1.29 is 14.2 Å². The van der Waals surface area contributed by atoms with Crippen molar-refractivity contribution in [3.8, 4) is 12.0 Å². The molecule has 7 heteroatoms. The average molecular weight is 311 g/mol. The molecule has 22 heavy (non-hydrogen) atoms. The van der Waals surface area contributed by atoms with Crippen LogP contribution in [-0.2, 0) is 4.74 Å². The highest BCUT2D eigenvalue weighted by Gasteiger charge is 2.38. The Bertz CT molecular complexity index is 452. The first kappa shape index (κ1) is 16.9. The molecular formula is C15H27N4O3+. The van der Waals surface area contributed by atoms with Crippen LogP contribution in [0.4, 0.5) is 5.95 Å². The van der Waals surface area contributed by atoms with Crippen LogP contribution in [0.15, 0.2) is 0 Å². The molecule has 0 N–H and O–H groups in total. The van der Waals surface area contributed by atoms with E-state index in [4.69, 9.17) is 14.2 Å². The summed E-state index contributed by atoms with van der Waals surface area (Å²) in [5.41, 5.74) is 0. The second-order valence-corrected chi connectivity index (χ2v) is 5.85. The number of quaternary nitrogens is 1. The maximum Gasteiger partial charge on any atom is 0.338 e. The number of hydrogen-bond donors (Lipinski definition) is 0. The second-order valence-electron chi connectivity index (χ2n) is 5.85. The summed E-state index contributed by atoms with van der Waals surface area (Å²) in [5.74, 6) is 1.25. The van der Waals surface area contributed by atoms with Crippen molar-refractivity contribution in [3.63, 3.8) is 0 Å². The molecule has 0 unspecified atom stereocenters. The van der Waals surface area contributed by atoms with E-state index in [2.05, 4.69) is 28.8 Å². The van der Waals surface area contributed by atoms with Gasteiger partial charge in [0.2, 0.25) is 0 Å². The number of ether oxygens (including phenoxy) is 3. The van der Waals surface area contributed by atoms with Gasteiger partial charge in [-0.15, -0.1) is 15.0 Å². The van der Waals surface area contributed by atoms with Crippen molar-refractivity contribution in [1.82, 2.24) is 19.4 Å². The molecule has 1 aliphatic heterocycles. The van der Waals surface area contributed by atoms with Crippen LogP contribution in [0.25, 0.3) is 0 Å². The van der Waals surface area contributed by atoms with Gasteiger partial charge in [-0.1, -0.05) is 13.8 Å². The zero-order valence-electron chi connectivity index (χ0n) is 14.0. The third-order valence-corrected chi connectivity index (χ3v) is 3.60. The van der Waals surface area contributed by atoms with Gasteiger partial charge in [-0.2, -0.15) is 0 Å². The smallest absolute Gasteiger partial charge is 0.338 e. The lowest BCUT2D eigenvalue weighted by molar-refractivity contribution is 0.0315.